The van der Waals surface area contributed by atoms with Crippen molar-refractivity contribution in [1.82, 2.24) is 0 Å². The summed E-state index contributed by atoms with van der Waals surface area (Å²) in [5.41, 5.74) is 1.26. The van der Waals surface area contributed by atoms with Crippen LogP contribution >= 0.6 is 0 Å². The molecule has 0 aromatic heterocycles. The molecular weight excluding hydrogens is 210 g/mol. The van der Waals surface area contributed by atoms with Crippen molar-refractivity contribution in [1.29, 1.82) is 0 Å². The fourth-order valence-corrected chi connectivity index (χ4v) is 1.51. The Morgan fingerprint density at radius 2 is 1.69 bits per heavy atom. The van der Waals surface area contributed by atoms with Crippen LogP contribution in [-0.4, -0.2) is 7.11 Å². The Balaban J connectivity index is 2.45. The molecule has 0 spiro atoms. The van der Waals surface area contributed by atoms with Crippen molar-refractivity contribution in [3.8, 4) is 16.9 Å². The van der Waals surface area contributed by atoms with E-state index < -0.39 is 5.82 Å². The van der Waals surface area contributed by atoms with E-state index >= 15 is 0 Å². The predicted molar refractivity (Wildman–Crippen MR) is 58.3 cm³/mol. The molecular formula is C13H10F2O. The van der Waals surface area contributed by atoms with Gasteiger partial charge in [0.25, 0.3) is 0 Å². The molecule has 0 aliphatic heterocycles. The van der Waals surface area contributed by atoms with Gasteiger partial charge in [0.2, 0.25) is 0 Å². The average Bonchev–Trinajstić information content (AvgIpc) is 2.29. The van der Waals surface area contributed by atoms with E-state index in [4.69, 9.17) is 4.74 Å². The van der Waals surface area contributed by atoms with Gasteiger partial charge in [-0.05, 0) is 35.4 Å². The lowest BCUT2D eigenvalue weighted by atomic mass is 10.1. The van der Waals surface area contributed by atoms with Gasteiger partial charge in [-0.1, -0.05) is 18.2 Å². The summed E-state index contributed by atoms with van der Waals surface area (Å²) in [4.78, 5) is 0. The lowest BCUT2D eigenvalue weighted by Gasteiger charge is -2.05. The highest BCUT2D eigenvalue weighted by Crippen LogP contribution is 2.25. The minimum Gasteiger partial charge on any atom is -0.494 e. The number of methoxy groups -OCH3 is 1. The van der Waals surface area contributed by atoms with Crippen molar-refractivity contribution in [2.45, 2.75) is 0 Å². The summed E-state index contributed by atoms with van der Waals surface area (Å²) in [7, 11) is 1.40. The lowest BCUT2D eigenvalue weighted by molar-refractivity contribution is 0.386. The first-order valence-corrected chi connectivity index (χ1v) is 4.80. The van der Waals surface area contributed by atoms with Crippen LogP contribution in [0.4, 0.5) is 8.78 Å². The van der Waals surface area contributed by atoms with E-state index in [0.717, 1.165) is 0 Å². The minimum atomic E-state index is -0.454. The SMILES string of the molecule is COc1ccc(-c2cccc(F)c2)cc1F. The van der Waals surface area contributed by atoms with E-state index in [9.17, 15) is 8.78 Å². The molecule has 2 aromatic rings. The molecule has 0 amide bonds. The second-order valence-corrected chi connectivity index (χ2v) is 3.36. The molecule has 0 aliphatic rings. The highest BCUT2D eigenvalue weighted by atomic mass is 19.1. The van der Waals surface area contributed by atoms with E-state index in [-0.39, 0.29) is 11.6 Å². The van der Waals surface area contributed by atoms with Crippen LogP contribution in [0.25, 0.3) is 11.1 Å². The van der Waals surface area contributed by atoms with Crippen molar-refractivity contribution in [3.63, 3.8) is 0 Å². The monoisotopic (exact) mass is 220 g/mol. The van der Waals surface area contributed by atoms with Crippen molar-refractivity contribution in [2.24, 2.45) is 0 Å². The molecule has 1 nitrogen and oxygen atoms in total. The second-order valence-electron chi connectivity index (χ2n) is 3.36. The Hall–Kier alpha value is -1.90. The molecule has 16 heavy (non-hydrogen) atoms. The van der Waals surface area contributed by atoms with Crippen LogP contribution in [0.15, 0.2) is 42.5 Å². The molecule has 0 radical (unpaired) electrons. The number of rotatable bonds is 2. The zero-order valence-electron chi connectivity index (χ0n) is 8.71. The van der Waals surface area contributed by atoms with Gasteiger partial charge in [-0.2, -0.15) is 0 Å². The lowest BCUT2D eigenvalue weighted by Crippen LogP contribution is -1.88. The Morgan fingerprint density at radius 3 is 2.31 bits per heavy atom. The van der Waals surface area contributed by atoms with Crippen LogP contribution in [0, 0.1) is 11.6 Å². The first-order valence-electron chi connectivity index (χ1n) is 4.80. The highest BCUT2D eigenvalue weighted by molar-refractivity contribution is 5.64. The fraction of sp³-hybridized carbons (Fsp3) is 0.0769. The van der Waals surface area contributed by atoms with E-state index in [1.807, 2.05) is 0 Å². The van der Waals surface area contributed by atoms with Gasteiger partial charge in [0.05, 0.1) is 7.11 Å². The Bertz CT molecular complexity index is 509. The van der Waals surface area contributed by atoms with Gasteiger partial charge >= 0.3 is 0 Å². The summed E-state index contributed by atoms with van der Waals surface area (Å²) in [6.07, 6.45) is 0. The number of halogens is 2. The number of hydrogen-bond donors (Lipinski definition) is 0. The van der Waals surface area contributed by atoms with E-state index in [2.05, 4.69) is 0 Å². The van der Waals surface area contributed by atoms with Gasteiger partial charge in [-0.3, -0.25) is 0 Å². The van der Waals surface area contributed by atoms with Crippen LogP contribution in [0.1, 0.15) is 0 Å². The third-order valence-electron chi connectivity index (χ3n) is 2.31. The smallest absolute Gasteiger partial charge is 0.165 e. The van der Waals surface area contributed by atoms with Crippen LogP contribution in [0.2, 0.25) is 0 Å². The standard InChI is InChI=1S/C13H10F2O/c1-16-13-6-5-10(8-12(13)15)9-3-2-4-11(14)7-9/h2-8H,1H3. The van der Waals surface area contributed by atoms with Gasteiger partial charge in [-0.25, -0.2) is 8.78 Å². The molecule has 0 saturated carbocycles. The fourth-order valence-electron chi connectivity index (χ4n) is 1.51. The van der Waals surface area contributed by atoms with Crippen LogP contribution in [0.5, 0.6) is 5.75 Å². The maximum Gasteiger partial charge on any atom is 0.165 e. The first-order chi connectivity index (χ1) is 7.70. The molecule has 3 heteroatoms. The minimum absolute atomic E-state index is 0.181. The molecule has 0 heterocycles. The van der Waals surface area contributed by atoms with Gasteiger partial charge in [0.15, 0.2) is 11.6 Å². The molecule has 82 valence electrons. The summed E-state index contributed by atoms with van der Waals surface area (Å²) in [6, 6.07) is 10.6. The molecule has 0 unspecified atom stereocenters. The summed E-state index contributed by atoms with van der Waals surface area (Å²) in [5, 5.41) is 0. The Labute approximate surface area is 92.3 Å². The van der Waals surface area contributed by atoms with Gasteiger partial charge in [0.1, 0.15) is 5.82 Å². The zero-order chi connectivity index (χ0) is 11.5. The molecule has 0 atom stereocenters. The zero-order valence-corrected chi connectivity index (χ0v) is 8.71. The average molecular weight is 220 g/mol. The third-order valence-corrected chi connectivity index (χ3v) is 2.31. The summed E-state index contributed by atoms with van der Waals surface area (Å²) in [5.74, 6) is -0.613. The van der Waals surface area contributed by atoms with Crippen LogP contribution < -0.4 is 4.74 Å². The van der Waals surface area contributed by atoms with Crippen molar-refractivity contribution < 1.29 is 13.5 Å². The summed E-state index contributed by atoms with van der Waals surface area (Å²) in [6.45, 7) is 0. The second kappa shape index (κ2) is 4.31. The van der Waals surface area contributed by atoms with Crippen LogP contribution in [0.3, 0.4) is 0 Å². The molecule has 2 aromatic carbocycles. The summed E-state index contributed by atoms with van der Waals surface area (Å²) >= 11 is 0. The van der Waals surface area contributed by atoms with Crippen molar-refractivity contribution in [3.05, 3.63) is 54.1 Å². The van der Waals surface area contributed by atoms with E-state index in [0.29, 0.717) is 11.1 Å². The van der Waals surface area contributed by atoms with E-state index in [1.165, 1.54) is 31.4 Å². The first kappa shape index (κ1) is 10.6. The number of ether oxygens (including phenoxy) is 1. The number of benzene rings is 2. The normalized spacial score (nSPS) is 10.2. The van der Waals surface area contributed by atoms with Gasteiger partial charge in [-0.15, -0.1) is 0 Å². The molecule has 0 saturated heterocycles. The van der Waals surface area contributed by atoms with Crippen molar-refractivity contribution >= 4 is 0 Å². The van der Waals surface area contributed by atoms with Gasteiger partial charge in [0, 0.05) is 0 Å². The maximum atomic E-state index is 13.4. The molecule has 0 bridgehead atoms. The third kappa shape index (κ3) is 2.03. The Morgan fingerprint density at radius 1 is 0.938 bits per heavy atom. The predicted octanol–water partition coefficient (Wildman–Crippen LogP) is 3.64. The largest absolute Gasteiger partial charge is 0.494 e. The molecule has 0 aliphatic carbocycles. The van der Waals surface area contributed by atoms with Gasteiger partial charge < -0.3 is 4.74 Å². The molecule has 0 N–H and O–H groups in total. The number of hydrogen-bond acceptors (Lipinski definition) is 1. The Kier molecular flexibility index (Phi) is 2.86. The maximum absolute atomic E-state index is 13.4. The van der Waals surface area contributed by atoms with E-state index in [1.54, 1.807) is 18.2 Å². The van der Waals surface area contributed by atoms with Crippen LogP contribution in [-0.2, 0) is 0 Å². The van der Waals surface area contributed by atoms with Crippen molar-refractivity contribution in [2.75, 3.05) is 7.11 Å². The topological polar surface area (TPSA) is 9.23 Å². The molecule has 0 fully saturated rings. The quantitative estimate of drug-likeness (QED) is 0.750. The summed E-state index contributed by atoms with van der Waals surface area (Å²) < 4.78 is 31.2. The molecule has 2 rings (SSSR count). The highest BCUT2D eigenvalue weighted by Gasteiger charge is 2.05.